The maximum absolute atomic E-state index is 12.5. The zero-order valence-electron chi connectivity index (χ0n) is 17.5. The van der Waals surface area contributed by atoms with E-state index in [0.717, 1.165) is 53.8 Å². The molecule has 1 aliphatic heterocycles. The molecule has 2 aromatic heterocycles. The summed E-state index contributed by atoms with van der Waals surface area (Å²) in [5.74, 6) is 0.435. The van der Waals surface area contributed by atoms with Crippen LogP contribution < -0.4 is 4.74 Å². The topological polar surface area (TPSA) is 60.2 Å². The lowest BCUT2D eigenvalue weighted by Crippen LogP contribution is -2.32. The highest BCUT2D eigenvalue weighted by Gasteiger charge is 2.21. The van der Waals surface area contributed by atoms with Crippen molar-refractivity contribution in [3.8, 4) is 22.7 Å². The fourth-order valence-electron chi connectivity index (χ4n) is 4.13. The summed E-state index contributed by atoms with van der Waals surface area (Å²) >= 11 is 0. The average molecular weight is 412 g/mol. The number of pyridine rings is 1. The number of rotatable bonds is 5. The van der Waals surface area contributed by atoms with Crippen molar-refractivity contribution in [3.63, 3.8) is 0 Å². The van der Waals surface area contributed by atoms with E-state index in [-0.39, 0.29) is 12.5 Å². The molecule has 4 aromatic rings. The first-order valence-corrected chi connectivity index (χ1v) is 10.6. The Morgan fingerprint density at radius 3 is 2.39 bits per heavy atom. The maximum Gasteiger partial charge on any atom is 0.260 e. The Hall–Kier alpha value is -3.67. The third-order valence-corrected chi connectivity index (χ3v) is 5.68. The van der Waals surface area contributed by atoms with Crippen LogP contribution >= 0.6 is 0 Å². The molecule has 0 aliphatic carbocycles. The van der Waals surface area contributed by atoms with Gasteiger partial charge in [-0.15, -0.1) is 0 Å². The van der Waals surface area contributed by atoms with Crippen LogP contribution in [0.2, 0.25) is 0 Å². The van der Waals surface area contributed by atoms with Crippen LogP contribution in [0.25, 0.3) is 27.8 Å². The molecular formula is C25H24N4O2. The number of para-hydroxylation sites is 1. The Morgan fingerprint density at radius 2 is 1.68 bits per heavy atom. The van der Waals surface area contributed by atoms with Gasteiger partial charge in [-0.1, -0.05) is 48.5 Å². The first-order chi connectivity index (χ1) is 15.2. The van der Waals surface area contributed by atoms with Crippen molar-refractivity contribution in [1.82, 2.24) is 19.7 Å². The van der Waals surface area contributed by atoms with Gasteiger partial charge in [-0.05, 0) is 43.0 Å². The molecule has 2 aromatic carbocycles. The molecule has 0 bridgehead atoms. The first-order valence-electron chi connectivity index (χ1n) is 10.6. The van der Waals surface area contributed by atoms with Gasteiger partial charge < -0.3 is 9.64 Å². The van der Waals surface area contributed by atoms with E-state index in [9.17, 15) is 4.79 Å². The summed E-state index contributed by atoms with van der Waals surface area (Å²) in [6.07, 6.45) is 2.12. The van der Waals surface area contributed by atoms with Gasteiger partial charge in [0.25, 0.3) is 5.91 Å². The predicted molar refractivity (Wildman–Crippen MR) is 120 cm³/mol. The number of nitrogens with zero attached hydrogens (tertiary/aromatic N) is 4. The van der Waals surface area contributed by atoms with E-state index in [1.54, 1.807) is 0 Å². The van der Waals surface area contributed by atoms with E-state index in [2.05, 4.69) is 12.1 Å². The molecule has 6 nitrogen and oxygen atoms in total. The number of carbonyl (C=O) groups is 1. The van der Waals surface area contributed by atoms with Gasteiger partial charge in [0.05, 0.1) is 16.8 Å². The first kappa shape index (κ1) is 19.3. The lowest BCUT2D eigenvalue weighted by atomic mass is 10.0. The van der Waals surface area contributed by atoms with Gasteiger partial charge in [-0.3, -0.25) is 4.79 Å². The van der Waals surface area contributed by atoms with Gasteiger partial charge in [0, 0.05) is 19.2 Å². The van der Waals surface area contributed by atoms with Gasteiger partial charge in [-0.25, -0.2) is 4.68 Å². The molecule has 0 unspecified atom stereocenters. The van der Waals surface area contributed by atoms with Gasteiger partial charge >= 0.3 is 0 Å². The minimum Gasteiger partial charge on any atom is -0.467 e. The van der Waals surface area contributed by atoms with E-state index in [1.807, 2.05) is 71.1 Å². The van der Waals surface area contributed by atoms with Gasteiger partial charge in [0.1, 0.15) is 0 Å². The minimum atomic E-state index is -0.00874. The van der Waals surface area contributed by atoms with E-state index in [4.69, 9.17) is 14.8 Å². The van der Waals surface area contributed by atoms with Crippen LogP contribution in [-0.4, -0.2) is 45.3 Å². The summed E-state index contributed by atoms with van der Waals surface area (Å²) < 4.78 is 7.75. The Bertz CT molecular complexity index is 1210. The fourth-order valence-corrected chi connectivity index (χ4v) is 4.13. The molecule has 1 amide bonds. The highest BCUT2D eigenvalue weighted by molar-refractivity contribution is 5.96. The summed E-state index contributed by atoms with van der Waals surface area (Å²) in [7, 11) is 0. The lowest BCUT2D eigenvalue weighted by Gasteiger charge is -2.16. The van der Waals surface area contributed by atoms with Gasteiger partial charge in [-0.2, -0.15) is 10.1 Å². The summed E-state index contributed by atoms with van der Waals surface area (Å²) in [4.78, 5) is 19.1. The van der Waals surface area contributed by atoms with E-state index in [1.165, 1.54) is 0 Å². The number of benzene rings is 2. The summed E-state index contributed by atoms with van der Waals surface area (Å²) in [5.41, 5.74) is 4.59. The molecule has 5 rings (SSSR count). The highest BCUT2D eigenvalue weighted by atomic mass is 16.5. The van der Waals surface area contributed by atoms with E-state index >= 15 is 0 Å². The quantitative estimate of drug-likeness (QED) is 0.488. The third-order valence-electron chi connectivity index (χ3n) is 5.68. The number of carbonyl (C=O) groups excluding carboxylic acids is 1. The Balaban J connectivity index is 1.60. The average Bonchev–Trinajstić information content (AvgIpc) is 3.47. The second kappa shape index (κ2) is 8.22. The molecule has 156 valence electrons. The number of hydrogen-bond donors (Lipinski definition) is 0. The molecule has 0 saturated carbocycles. The molecule has 31 heavy (non-hydrogen) atoms. The molecule has 1 aliphatic rings. The smallest absolute Gasteiger partial charge is 0.260 e. The predicted octanol–water partition coefficient (Wildman–Crippen LogP) is 4.40. The van der Waals surface area contributed by atoms with E-state index in [0.29, 0.717) is 11.5 Å². The van der Waals surface area contributed by atoms with Crippen molar-refractivity contribution < 1.29 is 9.53 Å². The van der Waals surface area contributed by atoms with Gasteiger partial charge in [0.2, 0.25) is 5.88 Å². The van der Waals surface area contributed by atoms with Crippen molar-refractivity contribution in [2.24, 2.45) is 0 Å². The third kappa shape index (κ3) is 3.77. The Labute approximate surface area is 181 Å². The summed E-state index contributed by atoms with van der Waals surface area (Å²) in [5, 5.41) is 5.75. The second-order valence-corrected chi connectivity index (χ2v) is 7.78. The summed E-state index contributed by atoms with van der Waals surface area (Å²) in [6.45, 7) is 3.60. The van der Waals surface area contributed by atoms with Crippen LogP contribution in [0.1, 0.15) is 18.5 Å². The number of aromatic nitrogens is 3. The van der Waals surface area contributed by atoms with Crippen LogP contribution in [0.3, 0.4) is 0 Å². The number of fused-ring (bicyclic) bond motifs is 1. The highest BCUT2D eigenvalue weighted by Crippen LogP contribution is 2.34. The zero-order valence-corrected chi connectivity index (χ0v) is 17.5. The zero-order chi connectivity index (χ0) is 21.2. The van der Waals surface area contributed by atoms with Crippen molar-refractivity contribution in [3.05, 3.63) is 72.4 Å². The van der Waals surface area contributed by atoms with Crippen LogP contribution in [0.15, 0.2) is 66.7 Å². The molecule has 0 spiro atoms. The van der Waals surface area contributed by atoms with E-state index < -0.39 is 0 Å². The van der Waals surface area contributed by atoms with Crippen molar-refractivity contribution in [2.45, 2.75) is 19.8 Å². The lowest BCUT2D eigenvalue weighted by molar-refractivity contribution is -0.132. The SMILES string of the molecule is Cc1nn(-c2ccccc2)c2nc(OCC(=O)N3CCCC3)cc(-c3ccccc3)c12. The fraction of sp³-hybridized carbons (Fsp3) is 0.240. The molecule has 1 fully saturated rings. The number of hydrogen-bond acceptors (Lipinski definition) is 4. The molecule has 0 N–H and O–H groups in total. The normalized spacial score (nSPS) is 13.6. The van der Waals surface area contributed by atoms with Crippen molar-refractivity contribution in [2.75, 3.05) is 19.7 Å². The van der Waals surface area contributed by atoms with Crippen molar-refractivity contribution in [1.29, 1.82) is 0 Å². The van der Waals surface area contributed by atoms with Crippen LogP contribution in [0.4, 0.5) is 0 Å². The number of likely N-dealkylation sites (tertiary alicyclic amines) is 1. The van der Waals surface area contributed by atoms with Crippen molar-refractivity contribution >= 4 is 16.9 Å². The molecule has 6 heteroatoms. The van der Waals surface area contributed by atoms with Crippen LogP contribution in [-0.2, 0) is 4.79 Å². The number of aryl methyl sites for hydroxylation is 1. The second-order valence-electron chi connectivity index (χ2n) is 7.78. The molecular weight excluding hydrogens is 388 g/mol. The standard InChI is InChI=1S/C25H24N4O2/c1-18-24-21(19-10-4-2-5-11-19)16-22(31-17-23(30)28-14-8-9-15-28)26-25(24)29(27-18)20-12-6-3-7-13-20/h2-7,10-13,16H,8-9,14-15,17H2,1H3. The largest absolute Gasteiger partial charge is 0.467 e. The number of amides is 1. The molecule has 3 heterocycles. The minimum absolute atomic E-state index is 0.00778. The van der Waals surface area contributed by atoms with Gasteiger partial charge in [0.15, 0.2) is 12.3 Å². The van der Waals surface area contributed by atoms with Crippen LogP contribution in [0, 0.1) is 6.92 Å². The monoisotopic (exact) mass is 412 g/mol. The number of ether oxygens (including phenoxy) is 1. The maximum atomic E-state index is 12.5. The molecule has 0 radical (unpaired) electrons. The summed E-state index contributed by atoms with van der Waals surface area (Å²) in [6, 6.07) is 22.0. The Kier molecular flexibility index (Phi) is 5.12. The van der Waals surface area contributed by atoms with Crippen LogP contribution in [0.5, 0.6) is 5.88 Å². The molecule has 1 saturated heterocycles. The molecule has 0 atom stereocenters. The Morgan fingerprint density at radius 1 is 1.00 bits per heavy atom.